The van der Waals surface area contributed by atoms with E-state index in [0.29, 0.717) is 0 Å². The summed E-state index contributed by atoms with van der Waals surface area (Å²) in [5.41, 5.74) is 3.78. The maximum absolute atomic E-state index is 10.0. The minimum Gasteiger partial charge on any atom is -0.507 e. The van der Waals surface area contributed by atoms with Crippen LogP contribution in [-0.4, -0.2) is 22.4 Å². The second-order valence-electron chi connectivity index (χ2n) is 4.11. The fourth-order valence-electron chi connectivity index (χ4n) is 2.09. The highest BCUT2D eigenvalue weighted by molar-refractivity contribution is 5.75. The number of nitrogens with zero attached hydrogens (tertiary/aromatic N) is 1. The molecule has 4 nitrogen and oxygen atoms in total. The monoisotopic (exact) mass is 246 g/mol. The van der Waals surface area contributed by atoms with Gasteiger partial charge in [-0.25, -0.2) is 0 Å². The Morgan fingerprint density at radius 1 is 1.28 bits per heavy atom. The number of phenolic OH excluding ortho intramolecular Hbond substituents is 1. The molecule has 2 rings (SSSR count). The largest absolute Gasteiger partial charge is 0.507 e. The van der Waals surface area contributed by atoms with Crippen LogP contribution in [0.25, 0.3) is 11.1 Å². The van der Waals surface area contributed by atoms with Crippen molar-refractivity contribution in [3.05, 3.63) is 29.6 Å². The third-order valence-electron chi connectivity index (χ3n) is 3.08. The minimum absolute atomic E-state index is 0.251. The van der Waals surface area contributed by atoms with Crippen LogP contribution < -0.4 is 4.74 Å². The molecule has 0 radical (unpaired) electrons. The van der Waals surface area contributed by atoms with Gasteiger partial charge in [-0.2, -0.15) is 5.10 Å². The van der Waals surface area contributed by atoms with Crippen LogP contribution in [0.1, 0.15) is 25.2 Å². The van der Waals surface area contributed by atoms with Crippen LogP contribution >= 0.6 is 0 Å². The van der Waals surface area contributed by atoms with Crippen molar-refractivity contribution in [3.8, 4) is 22.6 Å². The highest BCUT2D eigenvalue weighted by atomic mass is 16.5. The number of phenols is 1. The smallest absolute Gasteiger partial charge is 0.123 e. The predicted molar refractivity (Wildman–Crippen MR) is 71.0 cm³/mol. The molecule has 0 atom stereocenters. The molecule has 18 heavy (non-hydrogen) atoms. The summed E-state index contributed by atoms with van der Waals surface area (Å²) in [7, 11) is 1.62. The van der Waals surface area contributed by atoms with Gasteiger partial charge < -0.3 is 9.84 Å². The molecule has 0 bridgehead atoms. The zero-order valence-corrected chi connectivity index (χ0v) is 10.9. The predicted octanol–water partition coefficient (Wildman–Crippen LogP) is 2.92. The summed E-state index contributed by atoms with van der Waals surface area (Å²) >= 11 is 0. The Bertz CT molecular complexity index is 525. The van der Waals surface area contributed by atoms with Crippen LogP contribution in [0.4, 0.5) is 0 Å². The van der Waals surface area contributed by atoms with E-state index in [1.165, 1.54) is 0 Å². The molecule has 1 heterocycles. The Morgan fingerprint density at radius 2 is 2.06 bits per heavy atom. The SMILES string of the molecule is CCc1n[nH]c(CC)c1-c1cc(OC)ccc1O. The highest BCUT2D eigenvalue weighted by Crippen LogP contribution is 2.36. The van der Waals surface area contributed by atoms with E-state index < -0.39 is 0 Å². The van der Waals surface area contributed by atoms with Crippen molar-refractivity contribution < 1.29 is 9.84 Å². The van der Waals surface area contributed by atoms with E-state index >= 15 is 0 Å². The van der Waals surface area contributed by atoms with Crippen molar-refractivity contribution in [2.45, 2.75) is 26.7 Å². The molecule has 0 saturated carbocycles. The first-order valence-corrected chi connectivity index (χ1v) is 6.14. The fourth-order valence-corrected chi connectivity index (χ4v) is 2.09. The quantitative estimate of drug-likeness (QED) is 0.872. The van der Waals surface area contributed by atoms with Crippen molar-refractivity contribution in [2.24, 2.45) is 0 Å². The topological polar surface area (TPSA) is 58.1 Å². The van der Waals surface area contributed by atoms with Crippen LogP contribution in [0.3, 0.4) is 0 Å². The van der Waals surface area contributed by atoms with Gasteiger partial charge in [0.15, 0.2) is 0 Å². The number of hydrogen-bond donors (Lipinski definition) is 2. The van der Waals surface area contributed by atoms with E-state index in [-0.39, 0.29) is 5.75 Å². The van der Waals surface area contributed by atoms with Crippen molar-refractivity contribution in [1.29, 1.82) is 0 Å². The molecule has 0 aliphatic carbocycles. The molecular weight excluding hydrogens is 228 g/mol. The molecule has 1 aromatic heterocycles. The minimum atomic E-state index is 0.251. The lowest BCUT2D eigenvalue weighted by Gasteiger charge is -2.09. The second-order valence-corrected chi connectivity index (χ2v) is 4.11. The van der Waals surface area contributed by atoms with Gasteiger partial charge in [0.05, 0.1) is 12.8 Å². The average Bonchev–Trinajstić information content (AvgIpc) is 2.82. The Labute approximate surface area is 107 Å². The molecule has 2 N–H and O–H groups in total. The number of methoxy groups -OCH3 is 1. The number of aromatic nitrogens is 2. The van der Waals surface area contributed by atoms with Gasteiger partial charge in [0.2, 0.25) is 0 Å². The summed E-state index contributed by atoms with van der Waals surface area (Å²) in [4.78, 5) is 0. The van der Waals surface area contributed by atoms with Crippen molar-refractivity contribution in [3.63, 3.8) is 0 Å². The van der Waals surface area contributed by atoms with E-state index in [4.69, 9.17) is 4.74 Å². The van der Waals surface area contributed by atoms with Crippen LogP contribution in [0, 0.1) is 0 Å². The number of aromatic hydroxyl groups is 1. The summed E-state index contributed by atoms with van der Waals surface area (Å²) in [6, 6.07) is 5.24. The van der Waals surface area contributed by atoms with E-state index in [1.807, 2.05) is 6.07 Å². The normalized spacial score (nSPS) is 10.6. The number of hydrogen-bond acceptors (Lipinski definition) is 3. The van der Waals surface area contributed by atoms with Gasteiger partial charge in [-0.3, -0.25) is 5.10 Å². The number of aromatic amines is 1. The van der Waals surface area contributed by atoms with Crippen molar-refractivity contribution >= 4 is 0 Å². The molecule has 0 spiro atoms. The first-order valence-electron chi connectivity index (χ1n) is 6.14. The third-order valence-corrected chi connectivity index (χ3v) is 3.08. The molecule has 96 valence electrons. The molecule has 0 unspecified atom stereocenters. The standard InChI is InChI=1S/C14H18N2O2/c1-4-11-14(12(5-2)16-15-11)10-8-9(18-3)6-7-13(10)17/h6-8,17H,4-5H2,1-3H3,(H,15,16). The molecule has 0 amide bonds. The van der Waals surface area contributed by atoms with Gasteiger partial charge in [0, 0.05) is 16.8 Å². The Balaban J connectivity index is 2.63. The highest BCUT2D eigenvalue weighted by Gasteiger charge is 2.16. The summed E-state index contributed by atoms with van der Waals surface area (Å²) in [5.74, 6) is 0.981. The molecule has 1 aromatic carbocycles. The zero-order chi connectivity index (χ0) is 13.1. The summed E-state index contributed by atoms with van der Waals surface area (Å²) in [6.07, 6.45) is 1.67. The van der Waals surface area contributed by atoms with E-state index in [2.05, 4.69) is 24.0 Å². The van der Waals surface area contributed by atoms with Crippen molar-refractivity contribution in [2.75, 3.05) is 7.11 Å². The molecular formula is C14H18N2O2. The third kappa shape index (κ3) is 2.06. The first-order chi connectivity index (χ1) is 8.71. The van der Waals surface area contributed by atoms with Gasteiger partial charge in [0.1, 0.15) is 11.5 Å². The molecule has 0 aliphatic rings. The van der Waals surface area contributed by atoms with Crippen LogP contribution in [-0.2, 0) is 12.8 Å². The molecule has 4 heteroatoms. The maximum atomic E-state index is 10.0. The number of H-pyrrole nitrogens is 1. The Hall–Kier alpha value is -1.97. The lowest BCUT2D eigenvalue weighted by Crippen LogP contribution is -1.91. The van der Waals surface area contributed by atoms with E-state index in [9.17, 15) is 5.11 Å². The number of nitrogens with one attached hydrogen (secondary N) is 1. The molecule has 0 aliphatic heterocycles. The van der Waals surface area contributed by atoms with Crippen molar-refractivity contribution in [1.82, 2.24) is 10.2 Å². The van der Waals surface area contributed by atoms with Crippen LogP contribution in [0.15, 0.2) is 18.2 Å². The Kier molecular flexibility index (Phi) is 3.55. The lowest BCUT2D eigenvalue weighted by atomic mass is 9.99. The average molecular weight is 246 g/mol. The number of benzene rings is 1. The van der Waals surface area contributed by atoms with Crippen LogP contribution in [0.5, 0.6) is 11.5 Å². The summed E-state index contributed by atoms with van der Waals surface area (Å²) < 4.78 is 5.21. The van der Waals surface area contributed by atoms with E-state index in [1.54, 1.807) is 19.2 Å². The fraction of sp³-hybridized carbons (Fsp3) is 0.357. The van der Waals surface area contributed by atoms with Crippen LogP contribution in [0.2, 0.25) is 0 Å². The van der Waals surface area contributed by atoms with Gasteiger partial charge in [-0.1, -0.05) is 13.8 Å². The molecule has 0 saturated heterocycles. The number of ether oxygens (including phenoxy) is 1. The second kappa shape index (κ2) is 5.12. The number of rotatable bonds is 4. The molecule has 2 aromatic rings. The van der Waals surface area contributed by atoms with E-state index in [0.717, 1.165) is 41.1 Å². The van der Waals surface area contributed by atoms with Gasteiger partial charge >= 0.3 is 0 Å². The van der Waals surface area contributed by atoms with Gasteiger partial charge in [0.25, 0.3) is 0 Å². The summed E-state index contributed by atoms with van der Waals surface area (Å²) in [5, 5.41) is 17.4. The van der Waals surface area contributed by atoms with Gasteiger partial charge in [-0.05, 0) is 31.0 Å². The zero-order valence-electron chi connectivity index (χ0n) is 10.9. The molecule has 0 fully saturated rings. The first kappa shape index (κ1) is 12.5. The Morgan fingerprint density at radius 3 is 2.67 bits per heavy atom. The van der Waals surface area contributed by atoms with Gasteiger partial charge in [-0.15, -0.1) is 0 Å². The lowest BCUT2D eigenvalue weighted by molar-refractivity contribution is 0.412. The maximum Gasteiger partial charge on any atom is 0.123 e. The number of aryl methyl sites for hydroxylation is 2. The summed E-state index contributed by atoms with van der Waals surface area (Å²) in [6.45, 7) is 4.12.